The highest BCUT2D eigenvalue weighted by Crippen LogP contribution is 2.47. The van der Waals surface area contributed by atoms with E-state index in [2.05, 4.69) is 58.0 Å². The smallest absolute Gasteiger partial charge is 0.407 e. The van der Waals surface area contributed by atoms with Crippen molar-refractivity contribution < 1.29 is 37.1 Å². The summed E-state index contributed by atoms with van der Waals surface area (Å²) >= 11 is 0. The van der Waals surface area contributed by atoms with Crippen molar-refractivity contribution in [2.45, 2.75) is 100 Å². The molecule has 2 fully saturated rings. The average Bonchev–Trinajstić information content (AvgIpc) is 3.39. The van der Waals surface area contributed by atoms with E-state index in [9.17, 15) is 14.1 Å². The van der Waals surface area contributed by atoms with Crippen LogP contribution in [0.1, 0.15) is 59.9 Å². The molecule has 5 unspecified atom stereocenters. The highest BCUT2D eigenvalue weighted by molar-refractivity contribution is 7.84. The van der Waals surface area contributed by atoms with Crippen LogP contribution in [0.4, 0.5) is 19.4 Å². The van der Waals surface area contributed by atoms with Crippen LogP contribution in [-0.4, -0.2) is 101 Å². The zero-order chi connectivity index (χ0) is 39.5. The molecule has 11 nitrogen and oxygen atoms in total. The van der Waals surface area contributed by atoms with Crippen molar-refractivity contribution in [1.82, 2.24) is 19.9 Å². The van der Waals surface area contributed by atoms with E-state index >= 15 is 8.78 Å². The molecule has 55 heavy (non-hydrogen) atoms. The Morgan fingerprint density at radius 3 is 2.44 bits per heavy atom. The molecule has 0 spiro atoms. The first-order valence-corrected chi connectivity index (χ1v) is 22.5. The summed E-state index contributed by atoms with van der Waals surface area (Å²) in [7, 11) is -2.54. The quantitative estimate of drug-likeness (QED) is 0.0599. The summed E-state index contributed by atoms with van der Waals surface area (Å²) < 4.78 is 64.3. The van der Waals surface area contributed by atoms with E-state index in [-0.39, 0.29) is 70.6 Å². The molecule has 1 N–H and O–H groups in total. The van der Waals surface area contributed by atoms with Gasteiger partial charge in [0.25, 0.3) is 0 Å². The summed E-state index contributed by atoms with van der Waals surface area (Å²) in [5.41, 5.74) is 4.68. The van der Waals surface area contributed by atoms with Gasteiger partial charge in [-0.1, -0.05) is 71.7 Å². The Morgan fingerprint density at radius 1 is 1.05 bits per heavy atom. The number of hydrogen-bond donors (Lipinski definition) is 1. The first kappa shape index (κ1) is 39.0. The first-order chi connectivity index (χ1) is 26.2. The van der Waals surface area contributed by atoms with Crippen molar-refractivity contribution in [2.24, 2.45) is 0 Å². The molecule has 1 amide bonds. The number of aromatic nitrogens is 3. The number of piperazine rings is 1. The predicted octanol–water partition coefficient (Wildman–Crippen LogP) is 7.51. The second-order valence-corrected chi connectivity index (χ2v) is 22.5. The van der Waals surface area contributed by atoms with Crippen LogP contribution in [0.5, 0.6) is 5.88 Å². The third-order valence-corrected chi connectivity index (χ3v) is 18.8. The molecule has 5 heterocycles. The lowest BCUT2D eigenvalue weighted by Crippen LogP contribution is -2.66. The van der Waals surface area contributed by atoms with Gasteiger partial charge in [0, 0.05) is 30.9 Å². The first-order valence-electron chi connectivity index (χ1n) is 18.7. The maximum absolute atomic E-state index is 17.4. The molecule has 0 radical (unpaired) electrons. The number of nitrogens with zero attached hydrogens (tertiary/aromatic N) is 5. The predicted molar refractivity (Wildman–Crippen MR) is 211 cm³/mol. The summed E-state index contributed by atoms with van der Waals surface area (Å²) in [4.78, 5) is 30.0. The molecule has 7 rings (SSSR count). The van der Waals surface area contributed by atoms with Crippen molar-refractivity contribution in [1.29, 1.82) is 0 Å². The lowest BCUT2D eigenvalue weighted by atomic mass is 9.96. The minimum atomic E-state index is -2.30. The zero-order valence-electron chi connectivity index (χ0n) is 32.4. The van der Waals surface area contributed by atoms with E-state index in [1.54, 1.807) is 18.2 Å². The maximum Gasteiger partial charge on any atom is 0.407 e. The summed E-state index contributed by atoms with van der Waals surface area (Å²) in [6.45, 7) is 13.3. The van der Waals surface area contributed by atoms with Gasteiger partial charge in [0.15, 0.2) is 5.82 Å². The Balaban J connectivity index is 1.50. The molecule has 3 aliphatic heterocycles. The number of hydrogen-bond acceptors (Lipinski definition) is 9. The van der Waals surface area contributed by atoms with E-state index in [0.717, 1.165) is 0 Å². The lowest BCUT2D eigenvalue weighted by molar-refractivity contribution is -0.0667. The molecule has 5 atom stereocenters. The third-order valence-electron chi connectivity index (χ3n) is 11.8. The SMILES string of the molecule is COCOCC1Oc2nc(-c3cccc4ccc(F)c(C#C[Si](C(C)C)(C(C)C)C(C)C)c34)c(F)c3nc(S(C)=O)nc(c23)N2CC3CCC(C12)N3C(=O)O. The maximum atomic E-state index is 17.4. The van der Waals surface area contributed by atoms with E-state index in [0.29, 0.717) is 40.2 Å². The average molecular weight is 792 g/mol. The molecule has 2 aromatic heterocycles. The Labute approximate surface area is 323 Å². The van der Waals surface area contributed by atoms with Crippen LogP contribution in [0.2, 0.25) is 16.6 Å². The van der Waals surface area contributed by atoms with Crippen molar-refractivity contribution in [3.63, 3.8) is 0 Å². The lowest BCUT2D eigenvalue weighted by Gasteiger charge is -2.47. The van der Waals surface area contributed by atoms with Gasteiger partial charge in [-0.05, 0) is 40.9 Å². The summed E-state index contributed by atoms with van der Waals surface area (Å²) in [5.74, 6) is 2.21. The number of fused-ring (bicyclic) bond motifs is 6. The van der Waals surface area contributed by atoms with Crippen LogP contribution < -0.4 is 9.64 Å². The highest BCUT2D eigenvalue weighted by Gasteiger charge is 2.54. The normalized spacial score (nSPS) is 21.2. The van der Waals surface area contributed by atoms with E-state index in [1.165, 1.54) is 24.3 Å². The minimum Gasteiger partial charge on any atom is -0.469 e. The van der Waals surface area contributed by atoms with Gasteiger partial charge in [-0.3, -0.25) is 9.11 Å². The number of carbonyl (C=O) groups is 1. The largest absolute Gasteiger partial charge is 0.469 e. The number of pyridine rings is 1. The third kappa shape index (κ3) is 6.44. The molecule has 15 heteroatoms. The van der Waals surface area contributed by atoms with Gasteiger partial charge in [-0.15, -0.1) is 5.54 Å². The van der Waals surface area contributed by atoms with E-state index in [4.69, 9.17) is 24.2 Å². The van der Waals surface area contributed by atoms with Crippen LogP contribution in [0.3, 0.4) is 0 Å². The van der Waals surface area contributed by atoms with Crippen molar-refractivity contribution in [3.8, 4) is 28.6 Å². The molecule has 2 saturated heterocycles. The van der Waals surface area contributed by atoms with Crippen molar-refractivity contribution >= 4 is 52.5 Å². The number of carboxylic acid groups (broad SMARTS) is 1. The zero-order valence-corrected chi connectivity index (χ0v) is 34.2. The number of ether oxygens (including phenoxy) is 3. The van der Waals surface area contributed by atoms with Crippen LogP contribution in [0.15, 0.2) is 35.5 Å². The fourth-order valence-electron chi connectivity index (χ4n) is 9.53. The summed E-state index contributed by atoms with van der Waals surface area (Å²) in [6.07, 6.45) is 0.740. The van der Waals surface area contributed by atoms with Crippen molar-refractivity contribution in [2.75, 3.05) is 38.2 Å². The van der Waals surface area contributed by atoms with Crippen LogP contribution in [-0.2, 0) is 20.3 Å². The van der Waals surface area contributed by atoms with E-state index < -0.39 is 54.8 Å². The molecule has 0 aliphatic carbocycles. The standard InChI is InChI=1S/C40H47F2N5O6SSi/c1-21(2)55(22(3)4,23(5)6)17-16-26-28(41)14-12-24-10-9-11-27(31(24)26)34-33(42)35-32-37(45-39(44-35)54(8)50)46-18-25-13-15-29(47(25)40(48)49)36(46)30(19-52-20-51-7)53-38(32)43-34/h9-12,14,21-23,25,29-30,36H,13,15,18-20H2,1-8H3,(H,48,49). The van der Waals surface area contributed by atoms with Gasteiger partial charge in [-0.25, -0.2) is 28.5 Å². The molecular formula is C40H47F2N5O6SSi. The second kappa shape index (κ2) is 15.0. The number of benzene rings is 2. The molecule has 4 aromatic rings. The fraction of sp³-hybridized carbons (Fsp3) is 0.500. The Bertz CT molecular complexity index is 2240. The molecule has 3 aliphatic rings. The van der Waals surface area contributed by atoms with Gasteiger partial charge in [0.1, 0.15) is 49.2 Å². The Hall–Kier alpha value is -4.23. The molecule has 292 valence electrons. The molecule has 0 saturated carbocycles. The van der Waals surface area contributed by atoms with Crippen LogP contribution >= 0.6 is 0 Å². The molecule has 2 bridgehead atoms. The monoisotopic (exact) mass is 791 g/mol. The highest BCUT2D eigenvalue weighted by atomic mass is 32.2. The van der Waals surface area contributed by atoms with Crippen LogP contribution in [0, 0.1) is 23.1 Å². The fourth-order valence-corrected chi connectivity index (χ4v) is 15.2. The minimum absolute atomic E-state index is 0.000103. The van der Waals surface area contributed by atoms with E-state index in [1.807, 2.05) is 11.0 Å². The van der Waals surface area contributed by atoms with Gasteiger partial charge < -0.3 is 24.2 Å². The van der Waals surface area contributed by atoms with Gasteiger partial charge >= 0.3 is 6.09 Å². The number of anilines is 1. The summed E-state index contributed by atoms with van der Waals surface area (Å²) in [6, 6.07) is 6.81. The van der Waals surface area contributed by atoms with Gasteiger partial charge in [0.2, 0.25) is 11.0 Å². The Kier molecular flexibility index (Phi) is 10.7. The topological polar surface area (TPSA) is 127 Å². The molecular weight excluding hydrogens is 745 g/mol. The summed E-state index contributed by atoms with van der Waals surface area (Å²) in [5, 5.41) is 11.4. The second-order valence-electron chi connectivity index (χ2n) is 15.6. The number of halogens is 2. The Morgan fingerprint density at radius 2 is 1.78 bits per heavy atom. The van der Waals surface area contributed by atoms with Crippen molar-refractivity contribution in [3.05, 3.63) is 47.5 Å². The van der Waals surface area contributed by atoms with Crippen LogP contribution in [0.25, 0.3) is 32.9 Å². The number of amides is 1. The number of rotatable bonds is 9. The van der Waals surface area contributed by atoms with Gasteiger partial charge in [0.05, 0.1) is 41.1 Å². The number of methoxy groups -OCH3 is 1. The van der Waals surface area contributed by atoms with Gasteiger partial charge in [-0.2, -0.15) is 0 Å². The molecule has 2 aromatic carbocycles.